The summed E-state index contributed by atoms with van der Waals surface area (Å²) in [5.74, 6) is -0.268. The van der Waals surface area contributed by atoms with Gasteiger partial charge in [-0.05, 0) is 50.1 Å². The Balaban J connectivity index is 1.57. The van der Waals surface area contributed by atoms with Crippen molar-refractivity contribution in [2.45, 2.75) is 31.6 Å². The van der Waals surface area contributed by atoms with E-state index in [1.165, 1.54) is 20.2 Å². The normalized spacial score (nSPS) is 12.0. The van der Waals surface area contributed by atoms with Crippen LogP contribution in [0.5, 0.6) is 0 Å². The van der Waals surface area contributed by atoms with Gasteiger partial charge in [-0.25, -0.2) is 22.2 Å². The van der Waals surface area contributed by atoms with Crippen molar-refractivity contribution in [3.05, 3.63) is 65.5 Å². The van der Waals surface area contributed by atoms with Gasteiger partial charge in [0.15, 0.2) is 5.65 Å². The molecule has 0 saturated heterocycles. The van der Waals surface area contributed by atoms with E-state index in [4.69, 9.17) is 4.98 Å². The molecule has 0 unspecified atom stereocenters. The van der Waals surface area contributed by atoms with Crippen molar-refractivity contribution in [1.29, 1.82) is 0 Å². The molecule has 32 heavy (non-hydrogen) atoms. The van der Waals surface area contributed by atoms with Crippen molar-refractivity contribution in [2.75, 3.05) is 19.4 Å². The van der Waals surface area contributed by atoms with Crippen LogP contribution in [0, 0.1) is 13.8 Å². The molecule has 2 aromatic carbocycles. The monoisotopic (exact) mass is 451 g/mol. The summed E-state index contributed by atoms with van der Waals surface area (Å²) < 4.78 is 28.1. The molecule has 0 radical (unpaired) electrons. The fourth-order valence-corrected chi connectivity index (χ4v) is 4.82. The first-order valence-electron chi connectivity index (χ1n) is 10.2. The molecule has 0 fully saturated rings. The molecule has 1 N–H and O–H groups in total. The molecular formula is C23H25N5O3S. The fourth-order valence-electron chi connectivity index (χ4n) is 3.78. The van der Waals surface area contributed by atoms with Gasteiger partial charge in [0, 0.05) is 37.3 Å². The second-order valence-corrected chi connectivity index (χ2v) is 9.97. The minimum atomic E-state index is -3.67. The number of nitrogens with one attached hydrogen (secondary N) is 1. The molecule has 1 amide bonds. The third-order valence-electron chi connectivity index (χ3n) is 5.54. The topological polar surface area (TPSA) is 96.7 Å². The van der Waals surface area contributed by atoms with Crippen LogP contribution in [0.4, 0.5) is 5.69 Å². The van der Waals surface area contributed by atoms with Crippen LogP contribution < -0.4 is 5.32 Å². The summed E-state index contributed by atoms with van der Waals surface area (Å²) in [6.45, 7) is 3.90. The minimum absolute atomic E-state index is 0.0667. The minimum Gasteiger partial charge on any atom is -0.325 e. The molecule has 2 aromatic heterocycles. The first kappa shape index (κ1) is 21.9. The number of carbonyl (C=O) groups excluding carboxylic acids is 1. The molecule has 0 spiro atoms. The number of hydrogen-bond donors (Lipinski definition) is 1. The van der Waals surface area contributed by atoms with Crippen LogP contribution in [-0.4, -0.2) is 47.3 Å². The van der Waals surface area contributed by atoms with Gasteiger partial charge in [-0.2, -0.15) is 5.10 Å². The molecule has 0 bridgehead atoms. The van der Waals surface area contributed by atoms with Gasteiger partial charge in [-0.3, -0.25) is 4.79 Å². The summed E-state index contributed by atoms with van der Waals surface area (Å²) in [6.07, 6.45) is 0.650. The predicted octanol–water partition coefficient (Wildman–Crippen LogP) is 3.32. The fraction of sp³-hybridized carbons (Fsp3) is 0.261. The van der Waals surface area contributed by atoms with E-state index in [1.54, 1.807) is 18.2 Å². The Kier molecular flexibility index (Phi) is 5.70. The summed E-state index contributed by atoms with van der Waals surface area (Å²) in [7, 11) is -0.755. The lowest BCUT2D eigenvalue weighted by Crippen LogP contribution is -2.24. The van der Waals surface area contributed by atoms with Crippen LogP contribution in [0.3, 0.4) is 0 Å². The summed E-state index contributed by atoms with van der Waals surface area (Å²) in [5, 5.41) is 8.39. The van der Waals surface area contributed by atoms with Crippen LogP contribution >= 0.6 is 0 Å². The second-order valence-electron chi connectivity index (χ2n) is 7.85. The molecule has 166 valence electrons. The highest BCUT2D eigenvalue weighted by molar-refractivity contribution is 7.89. The number of anilines is 1. The molecular weight excluding hydrogens is 426 g/mol. The van der Waals surface area contributed by atoms with Crippen LogP contribution in [0.2, 0.25) is 0 Å². The van der Waals surface area contributed by atoms with E-state index in [2.05, 4.69) is 10.4 Å². The van der Waals surface area contributed by atoms with E-state index < -0.39 is 10.0 Å². The number of sulfonamides is 1. The Hall–Kier alpha value is -3.30. The first-order chi connectivity index (χ1) is 15.2. The maximum atomic E-state index is 12.7. The Morgan fingerprint density at radius 3 is 2.50 bits per heavy atom. The molecule has 8 nitrogen and oxygen atoms in total. The zero-order valence-electron chi connectivity index (χ0n) is 18.5. The van der Waals surface area contributed by atoms with Crippen molar-refractivity contribution >= 4 is 38.2 Å². The average molecular weight is 452 g/mol. The lowest BCUT2D eigenvalue weighted by molar-refractivity contribution is -0.116. The Labute approximate surface area is 186 Å². The highest BCUT2D eigenvalue weighted by Gasteiger charge is 2.22. The Morgan fingerprint density at radius 2 is 1.75 bits per heavy atom. The number of nitrogens with zero attached hydrogens (tertiary/aromatic N) is 4. The predicted molar refractivity (Wildman–Crippen MR) is 124 cm³/mol. The van der Waals surface area contributed by atoms with Crippen LogP contribution in [0.25, 0.3) is 16.6 Å². The number of benzene rings is 2. The number of hydrogen-bond acceptors (Lipinski definition) is 5. The van der Waals surface area contributed by atoms with E-state index >= 15 is 0 Å². The molecule has 0 aliphatic carbocycles. The van der Waals surface area contributed by atoms with Crippen LogP contribution in [0.1, 0.15) is 23.4 Å². The van der Waals surface area contributed by atoms with Gasteiger partial charge in [0.25, 0.3) is 0 Å². The Bertz CT molecular complexity index is 1440. The Morgan fingerprint density at radius 1 is 1.06 bits per heavy atom. The summed E-state index contributed by atoms with van der Waals surface area (Å²) in [5.41, 5.74) is 4.68. The van der Waals surface area contributed by atoms with Crippen molar-refractivity contribution in [2.24, 2.45) is 0 Å². The first-order valence-corrected chi connectivity index (χ1v) is 11.7. The average Bonchev–Trinajstić information content (AvgIpc) is 3.12. The highest BCUT2D eigenvalue weighted by atomic mass is 32.2. The third kappa shape index (κ3) is 3.85. The second kappa shape index (κ2) is 8.33. The molecule has 0 atom stereocenters. The zero-order chi connectivity index (χ0) is 23.0. The number of aromatic nitrogens is 3. The third-order valence-corrected chi connectivity index (χ3v) is 7.41. The highest BCUT2D eigenvalue weighted by Crippen LogP contribution is 2.25. The lowest BCUT2D eigenvalue weighted by atomic mass is 10.1. The van der Waals surface area contributed by atoms with Gasteiger partial charge in [-0.15, -0.1) is 0 Å². The van der Waals surface area contributed by atoms with Gasteiger partial charge in [0.05, 0.1) is 11.2 Å². The smallest absolute Gasteiger partial charge is 0.244 e. The lowest BCUT2D eigenvalue weighted by Gasteiger charge is -2.16. The van der Waals surface area contributed by atoms with E-state index in [1.807, 2.05) is 42.6 Å². The van der Waals surface area contributed by atoms with Gasteiger partial charge in [0.1, 0.15) is 4.90 Å². The van der Waals surface area contributed by atoms with Crippen molar-refractivity contribution in [3.63, 3.8) is 0 Å². The zero-order valence-corrected chi connectivity index (χ0v) is 19.3. The van der Waals surface area contributed by atoms with Gasteiger partial charge < -0.3 is 5.32 Å². The summed E-state index contributed by atoms with van der Waals surface area (Å²) in [6, 6.07) is 14.3. The van der Waals surface area contributed by atoms with Crippen molar-refractivity contribution in [1.82, 2.24) is 18.9 Å². The number of rotatable bonds is 6. The van der Waals surface area contributed by atoms with Crippen LogP contribution in [-0.2, 0) is 21.2 Å². The molecule has 0 aliphatic heterocycles. The van der Waals surface area contributed by atoms with E-state index in [0.717, 1.165) is 37.8 Å². The standard InChI is InChI=1S/C23H25N5O3S/c1-15-17(16(2)28-23(24-15)18-9-5-6-10-19(18)26-28)13-14-22(29)25-20-11-7-8-12-21(20)32(30,31)27(3)4/h5-12H,13-14H2,1-4H3,(H,25,29). The van der Waals surface area contributed by atoms with Gasteiger partial charge in [-0.1, -0.05) is 24.3 Å². The number of para-hydroxylation sites is 1. The molecule has 4 rings (SSSR count). The quantitative estimate of drug-likeness (QED) is 0.485. The maximum Gasteiger partial charge on any atom is 0.244 e. The van der Waals surface area contributed by atoms with Crippen LogP contribution in [0.15, 0.2) is 53.4 Å². The van der Waals surface area contributed by atoms with Gasteiger partial charge >= 0.3 is 0 Å². The maximum absolute atomic E-state index is 12.7. The van der Waals surface area contributed by atoms with Gasteiger partial charge in [0.2, 0.25) is 15.9 Å². The van der Waals surface area contributed by atoms with E-state index in [9.17, 15) is 13.2 Å². The molecule has 0 saturated carbocycles. The molecule has 0 aliphatic rings. The number of carbonyl (C=O) groups is 1. The number of aryl methyl sites for hydroxylation is 2. The van der Waals surface area contributed by atoms with E-state index in [-0.39, 0.29) is 22.9 Å². The summed E-state index contributed by atoms with van der Waals surface area (Å²) >= 11 is 0. The number of amides is 1. The summed E-state index contributed by atoms with van der Waals surface area (Å²) in [4.78, 5) is 17.5. The molecule has 2 heterocycles. The molecule has 9 heteroatoms. The SMILES string of the molecule is Cc1nc2c3ccccc3nn2c(C)c1CCC(=O)Nc1ccccc1S(=O)(=O)N(C)C. The number of fused-ring (bicyclic) bond motifs is 3. The largest absolute Gasteiger partial charge is 0.325 e. The molecule has 4 aromatic rings. The van der Waals surface area contributed by atoms with Crippen molar-refractivity contribution < 1.29 is 13.2 Å². The van der Waals surface area contributed by atoms with E-state index in [0.29, 0.717) is 6.42 Å². The van der Waals surface area contributed by atoms with Crippen molar-refractivity contribution in [3.8, 4) is 0 Å².